The molecular formula is C22H27N5OS. The van der Waals surface area contributed by atoms with Crippen molar-refractivity contribution in [1.29, 1.82) is 0 Å². The van der Waals surface area contributed by atoms with Gasteiger partial charge in [-0.2, -0.15) is 0 Å². The molecule has 0 bridgehead atoms. The van der Waals surface area contributed by atoms with Gasteiger partial charge in [-0.25, -0.2) is 15.0 Å². The van der Waals surface area contributed by atoms with Gasteiger partial charge in [0.2, 0.25) is 5.91 Å². The molecule has 0 spiro atoms. The van der Waals surface area contributed by atoms with Crippen molar-refractivity contribution in [3.63, 3.8) is 0 Å². The highest BCUT2D eigenvalue weighted by atomic mass is 32.1. The number of rotatable bonds is 6. The Morgan fingerprint density at radius 1 is 1.21 bits per heavy atom. The molecule has 1 amide bonds. The van der Waals surface area contributed by atoms with Gasteiger partial charge in [0.15, 0.2) is 5.65 Å². The second kappa shape index (κ2) is 8.86. The van der Waals surface area contributed by atoms with Gasteiger partial charge in [-0.3, -0.25) is 4.79 Å². The van der Waals surface area contributed by atoms with Crippen LogP contribution < -0.4 is 10.2 Å². The molecule has 0 saturated carbocycles. The monoisotopic (exact) mass is 409 g/mol. The Hall–Kier alpha value is -2.54. The summed E-state index contributed by atoms with van der Waals surface area (Å²) >= 11 is 1.67. The van der Waals surface area contributed by atoms with Gasteiger partial charge in [0, 0.05) is 23.9 Å². The first-order chi connectivity index (χ1) is 14.2. The average molecular weight is 410 g/mol. The van der Waals surface area contributed by atoms with Gasteiger partial charge in [0.05, 0.1) is 29.8 Å². The molecule has 0 radical (unpaired) electrons. The molecule has 0 unspecified atom stereocenters. The first-order valence-electron chi connectivity index (χ1n) is 10.4. The van der Waals surface area contributed by atoms with Gasteiger partial charge >= 0.3 is 0 Å². The number of hydrogen-bond donors (Lipinski definition) is 1. The van der Waals surface area contributed by atoms with Crippen LogP contribution in [0.4, 0.5) is 5.69 Å². The highest BCUT2D eigenvalue weighted by molar-refractivity contribution is 7.09. The normalized spacial score (nSPS) is 15.0. The van der Waals surface area contributed by atoms with Gasteiger partial charge in [-0.1, -0.05) is 19.9 Å². The van der Waals surface area contributed by atoms with Crippen LogP contribution in [0.3, 0.4) is 0 Å². The summed E-state index contributed by atoms with van der Waals surface area (Å²) in [5, 5.41) is 5.12. The van der Waals surface area contributed by atoms with E-state index in [0.29, 0.717) is 12.2 Å². The third-order valence-electron chi connectivity index (χ3n) is 5.58. The predicted octanol–water partition coefficient (Wildman–Crippen LogP) is 3.74. The number of amides is 1. The molecule has 3 aromatic heterocycles. The molecule has 1 saturated heterocycles. The minimum absolute atomic E-state index is 0.0817. The predicted molar refractivity (Wildman–Crippen MR) is 117 cm³/mol. The fraction of sp³-hybridized carbons (Fsp3) is 0.455. The summed E-state index contributed by atoms with van der Waals surface area (Å²) in [4.78, 5) is 30.0. The molecule has 7 heteroatoms. The molecule has 6 nitrogen and oxygen atoms in total. The Morgan fingerprint density at radius 2 is 1.97 bits per heavy atom. The van der Waals surface area contributed by atoms with Crippen LogP contribution in [-0.2, 0) is 24.2 Å². The maximum atomic E-state index is 12.5. The molecule has 4 rings (SSSR count). The molecule has 0 atom stereocenters. The van der Waals surface area contributed by atoms with Crippen LogP contribution in [0.1, 0.15) is 43.0 Å². The molecule has 29 heavy (non-hydrogen) atoms. The van der Waals surface area contributed by atoms with E-state index in [1.807, 2.05) is 17.6 Å². The van der Waals surface area contributed by atoms with Crippen molar-refractivity contribution in [2.45, 2.75) is 46.1 Å². The van der Waals surface area contributed by atoms with Gasteiger partial charge in [-0.05, 0) is 43.2 Å². The Kier molecular flexibility index (Phi) is 6.04. The number of thiophene rings is 1. The van der Waals surface area contributed by atoms with Crippen molar-refractivity contribution in [2.24, 2.45) is 5.92 Å². The van der Waals surface area contributed by atoms with Gasteiger partial charge in [0.1, 0.15) is 5.52 Å². The van der Waals surface area contributed by atoms with E-state index in [1.54, 1.807) is 11.3 Å². The van der Waals surface area contributed by atoms with E-state index in [4.69, 9.17) is 4.98 Å². The number of fused-ring (bicyclic) bond motifs is 1. The summed E-state index contributed by atoms with van der Waals surface area (Å²) in [5.41, 5.74) is 4.73. The minimum atomic E-state index is 0.0817. The fourth-order valence-corrected chi connectivity index (χ4v) is 4.52. The van der Waals surface area contributed by atoms with Crippen molar-refractivity contribution in [2.75, 3.05) is 18.0 Å². The summed E-state index contributed by atoms with van der Waals surface area (Å²) in [6.45, 7) is 6.55. The molecule has 1 fully saturated rings. The molecule has 3 aromatic rings. The summed E-state index contributed by atoms with van der Waals surface area (Å²) in [7, 11) is 0. The molecule has 1 aliphatic rings. The second-order valence-electron chi connectivity index (χ2n) is 7.42. The topological polar surface area (TPSA) is 71.0 Å². The van der Waals surface area contributed by atoms with Crippen LogP contribution in [0, 0.1) is 5.92 Å². The second-order valence-corrected chi connectivity index (χ2v) is 8.45. The molecule has 152 valence electrons. The molecule has 4 heterocycles. The number of nitrogens with zero attached hydrogens (tertiary/aromatic N) is 4. The Labute approximate surface area is 175 Å². The van der Waals surface area contributed by atoms with Gasteiger partial charge in [-0.15, -0.1) is 11.3 Å². The first-order valence-corrected chi connectivity index (χ1v) is 11.3. The van der Waals surface area contributed by atoms with Gasteiger partial charge < -0.3 is 10.2 Å². The third-order valence-corrected chi connectivity index (χ3v) is 6.46. The zero-order chi connectivity index (χ0) is 20.2. The number of anilines is 1. The van der Waals surface area contributed by atoms with Crippen molar-refractivity contribution in [3.8, 4) is 0 Å². The number of aromatic nitrogens is 3. The third kappa shape index (κ3) is 4.40. The highest BCUT2D eigenvalue weighted by Crippen LogP contribution is 2.25. The van der Waals surface area contributed by atoms with E-state index in [0.717, 1.165) is 61.4 Å². The molecule has 1 aliphatic heterocycles. The Balaban J connectivity index is 1.40. The number of aryl methyl sites for hydroxylation is 2. The molecular weight excluding hydrogens is 382 g/mol. The van der Waals surface area contributed by atoms with Crippen molar-refractivity contribution in [1.82, 2.24) is 20.3 Å². The van der Waals surface area contributed by atoms with Crippen LogP contribution in [0.2, 0.25) is 0 Å². The standard InChI is InChI=1S/C22H27N5OS/c1-3-18-19(4-2)26-21-20(25-18)12-16(13-23-21)27-9-7-15(8-10-27)22(28)24-14-17-6-5-11-29-17/h5-6,11-13,15H,3-4,7-10,14H2,1-2H3,(H,24,28). The summed E-state index contributed by atoms with van der Waals surface area (Å²) in [6.07, 6.45) is 5.35. The lowest BCUT2D eigenvalue weighted by molar-refractivity contribution is -0.125. The lowest BCUT2D eigenvalue weighted by Gasteiger charge is -2.32. The molecule has 0 aliphatic carbocycles. The molecule has 1 N–H and O–H groups in total. The summed E-state index contributed by atoms with van der Waals surface area (Å²) < 4.78 is 0. The first kappa shape index (κ1) is 19.8. The fourth-order valence-electron chi connectivity index (χ4n) is 3.88. The number of carbonyl (C=O) groups is 1. The quantitative estimate of drug-likeness (QED) is 0.671. The van der Waals surface area contributed by atoms with Crippen LogP contribution in [0.5, 0.6) is 0 Å². The number of carbonyl (C=O) groups excluding carboxylic acids is 1. The summed E-state index contributed by atoms with van der Waals surface area (Å²) in [6, 6.07) is 6.15. The Bertz CT molecular complexity index is 980. The molecule has 0 aromatic carbocycles. The highest BCUT2D eigenvalue weighted by Gasteiger charge is 2.25. The Morgan fingerprint density at radius 3 is 2.66 bits per heavy atom. The van der Waals surface area contributed by atoms with Crippen molar-refractivity contribution < 1.29 is 4.79 Å². The summed E-state index contributed by atoms with van der Waals surface area (Å²) in [5.74, 6) is 0.249. The van der Waals surface area contributed by atoms with Gasteiger partial charge in [0.25, 0.3) is 0 Å². The van der Waals surface area contributed by atoms with E-state index in [9.17, 15) is 4.79 Å². The smallest absolute Gasteiger partial charge is 0.223 e. The zero-order valence-corrected chi connectivity index (χ0v) is 17.8. The lowest BCUT2D eigenvalue weighted by atomic mass is 9.95. The van der Waals surface area contributed by atoms with Crippen LogP contribution >= 0.6 is 11.3 Å². The zero-order valence-electron chi connectivity index (χ0n) is 17.0. The maximum absolute atomic E-state index is 12.5. The van der Waals surface area contributed by atoms with E-state index in [-0.39, 0.29) is 11.8 Å². The number of nitrogens with one attached hydrogen (secondary N) is 1. The SMILES string of the molecule is CCc1nc2cc(N3CCC(C(=O)NCc4cccs4)CC3)cnc2nc1CC. The number of pyridine rings is 1. The van der Waals surface area contributed by atoms with Crippen LogP contribution in [0.25, 0.3) is 11.2 Å². The van der Waals surface area contributed by atoms with Crippen molar-refractivity contribution >= 4 is 34.1 Å². The maximum Gasteiger partial charge on any atom is 0.223 e. The lowest BCUT2D eigenvalue weighted by Crippen LogP contribution is -2.40. The van der Waals surface area contributed by atoms with E-state index >= 15 is 0 Å². The number of piperidine rings is 1. The van der Waals surface area contributed by atoms with E-state index < -0.39 is 0 Å². The van der Waals surface area contributed by atoms with E-state index in [1.165, 1.54) is 4.88 Å². The average Bonchev–Trinajstić information content (AvgIpc) is 3.30. The largest absolute Gasteiger partial charge is 0.370 e. The minimum Gasteiger partial charge on any atom is -0.370 e. The van der Waals surface area contributed by atoms with E-state index in [2.05, 4.69) is 46.2 Å². The van der Waals surface area contributed by atoms with Crippen LogP contribution in [0.15, 0.2) is 29.8 Å². The van der Waals surface area contributed by atoms with Crippen molar-refractivity contribution in [3.05, 3.63) is 46.0 Å². The van der Waals surface area contributed by atoms with Crippen LogP contribution in [-0.4, -0.2) is 33.9 Å². The number of hydrogen-bond acceptors (Lipinski definition) is 6.